The van der Waals surface area contributed by atoms with Crippen LogP contribution in [-0.2, 0) is 0 Å². The number of nitrogens with one attached hydrogen (secondary N) is 1. The van der Waals surface area contributed by atoms with Gasteiger partial charge in [0, 0.05) is 37.8 Å². The van der Waals surface area contributed by atoms with Gasteiger partial charge in [-0.25, -0.2) is 5.43 Å². The molecule has 0 unspecified atom stereocenters. The Bertz CT molecular complexity index is 919. The van der Waals surface area contributed by atoms with Crippen molar-refractivity contribution in [3.63, 3.8) is 0 Å². The third-order valence-corrected chi connectivity index (χ3v) is 5.50. The smallest absolute Gasteiger partial charge is 0.311 e. The molecule has 4 rings (SSSR count). The number of rotatable bonds is 6. The minimum atomic E-state index is -0.637. The number of nitro benzene ring substituents is 1. The first kappa shape index (κ1) is 20.8. The summed E-state index contributed by atoms with van der Waals surface area (Å²) < 4.78 is 0. The molecule has 164 valence electrons. The third-order valence-electron chi connectivity index (χ3n) is 5.50. The van der Waals surface area contributed by atoms with E-state index >= 15 is 0 Å². The standard InChI is InChI=1S/C20H26N8O3/c29-17-15(8-7-9-16(17)28(30)31)14-21-25-18-22-19(26-10-3-1-4-11-26)24-20(23-18)27-12-5-2-6-13-27/h7-9,14,29H,1-6,10-13H2,(H,22,23,24,25)/b21-14-. The lowest BCUT2D eigenvalue weighted by Gasteiger charge is -2.30. The number of nitro groups is 1. The lowest BCUT2D eigenvalue weighted by Crippen LogP contribution is -2.34. The van der Waals surface area contributed by atoms with E-state index in [1.165, 1.54) is 31.2 Å². The summed E-state index contributed by atoms with van der Waals surface area (Å²) in [4.78, 5) is 28.5. The van der Waals surface area contributed by atoms with Crippen LogP contribution in [0.3, 0.4) is 0 Å². The number of hydrogen-bond donors (Lipinski definition) is 2. The summed E-state index contributed by atoms with van der Waals surface area (Å²) in [6, 6.07) is 4.27. The SMILES string of the molecule is O=[N+]([O-])c1cccc(/C=N\Nc2nc(N3CCCCC3)nc(N3CCCCC3)n2)c1O. The Balaban J connectivity index is 1.57. The second-order valence-corrected chi connectivity index (χ2v) is 7.70. The van der Waals surface area contributed by atoms with Gasteiger partial charge in [-0.15, -0.1) is 0 Å². The van der Waals surface area contributed by atoms with Crippen LogP contribution in [0.4, 0.5) is 23.5 Å². The Kier molecular flexibility index (Phi) is 6.39. The van der Waals surface area contributed by atoms with Crippen molar-refractivity contribution in [2.24, 2.45) is 5.10 Å². The van der Waals surface area contributed by atoms with Gasteiger partial charge in [0.25, 0.3) is 0 Å². The van der Waals surface area contributed by atoms with Crippen molar-refractivity contribution in [1.82, 2.24) is 15.0 Å². The summed E-state index contributed by atoms with van der Waals surface area (Å²) in [6.45, 7) is 3.64. The zero-order valence-corrected chi connectivity index (χ0v) is 17.3. The lowest BCUT2D eigenvalue weighted by molar-refractivity contribution is -0.385. The van der Waals surface area contributed by atoms with Crippen LogP contribution in [0.25, 0.3) is 0 Å². The van der Waals surface area contributed by atoms with Crippen LogP contribution in [0, 0.1) is 10.1 Å². The fourth-order valence-electron chi connectivity index (χ4n) is 3.83. The quantitative estimate of drug-likeness (QED) is 0.406. The maximum absolute atomic E-state index is 11.0. The molecule has 2 fully saturated rings. The summed E-state index contributed by atoms with van der Waals surface area (Å²) in [5.74, 6) is 1.13. The minimum absolute atomic E-state index is 0.225. The summed E-state index contributed by atoms with van der Waals surface area (Å²) >= 11 is 0. The number of hydrogen-bond acceptors (Lipinski definition) is 10. The van der Waals surface area contributed by atoms with Gasteiger partial charge in [0.05, 0.1) is 11.1 Å². The average Bonchev–Trinajstić information content (AvgIpc) is 2.81. The van der Waals surface area contributed by atoms with Crippen LogP contribution < -0.4 is 15.2 Å². The molecule has 31 heavy (non-hydrogen) atoms. The van der Waals surface area contributed by atoms with Crippen molar-refractivity contribution < 1.29 is 10.0 Å². The van der Waals surface area contributed by atoms with Gasteiger partial charge in [-0.1, -0.05) is 6.07 Å². The number of phenols is 1. The van der Waals surface area contributed by atoms with Crippen LogP contribution in [0.15, 0.2) is 23.3 Å². The lowest BCUT2D eigenvalue weighted by atomic mass is 10.1. The molecular weight excluding hydrogens is 400 g/mol. The minimum Gasteiger partial charge on any atom is -0.502 e. The number of phenolic OH excluding ortho intramolecular Hbond substituents is 1. The van der Waals surface area contributed by atoms with Gasteiger partial charge in [-0.05, 0) is 44.6 Å². The summed E-state index contributed by atoms with van der Waals surface area (Å²) in [5.41, 5.74) is 2.65. The molecule has 2 saturated heterocycles. The van der Waals surface area contributed by atoms with Crippen LogP contribution in [-0.4, -0.2) is 57.4 Å². The molecule has 0 aliphatic carbocycles. The Morgan fingerprint density at radius 2 is 1.55 bits per heavy atom. The van der Waals surface area contributed by atoms with Gasteiger partial charge in [0.15, 0.2) is 0 Å². The molecule has 0 atom stereocenters. The van der Waals surface area contributed by atoms with Crippen molar-refractivity contribution in [2.75, 3.05) is 41.4 Å². The molecular formula is C20H26N8O3. The Hall–Kier alpha value is -3.50. The maximum Gasteiger partial charge on any atom is 0.311 e. The topological polar surface area (TPSA) is 133 Å². The molecule has 0 bridgehead atoms. The number of aromatic hydroxyl groups is 1. The maximum atomic E-state index is 11.0. The highest BCUT2D eigenvalue weighted by molar-refractivity contribution is 5.85. The highest BCUT2D eigenvalue weighted by Gasteiger charge is 2.20. The Labute approximate surface area is 180 Å². The molecule has 11 nitrogen and oxygen atoms in total. The molecule has 0 amide bonds. The first-order valence-electron chi connectivity index (χ1n) is 10.6. The highest BCUT2D eigenvalue weighted by Crippen LogP contribution is 2.28. The number of benzene rings is 1. The van der Waals surface area contributed by atoms with Crippen LogP contribution in [0.5, 0.6) is 5.75 Å². The van der Waals surface area contributed by atoms with Crippen molar-refractivity contribution in [3.05, 3.63) is 33.9 Å². The fraction of sp³-hybridized carbons (Fsp3) is 0.500. The molecule has 0 spiro atoms. The van der Waals surface area contributed by atoms with Gasteiger partial charge in [-0.2, -0.15) is 20.1 Å². The predicted octanol–water partition coefficient (Wildman–Crippen LogP) is 2.91. The largest absolute Gasteiger partial charge is 0.502 e. The number of nitrogens with zero attached hydrogens (tertiary/aromatic N) is 7. The molecule has 2 aliphatic rings. The molecule has 1 aromatic carbocycles. The molecule has 3 heterocycles. The van der Waals surface area contributed by atoms with E-state index in [-0.39, 0.29) is 11.3 Å². The molecule has 1 aromatic heterocycles. The summed E-state index contributed by atoms with van der Waals surface area (Å²) in [7, 11) is 0. The van der Waals surface area contributed by atoms with Crippen LogP contribution in [0.2, 0.25) is 0 Å². The van der Waals surface area contributed by atoms with Crippen molar-refractivity contribution in [1.29, 1.82) is 0 Å². The van der Waals surface area contributed by atoms with Gasteiger partial charge < -0.3 is 14.9 Å². The summed E-state index contributed by atoms with van der Waals surface area (Å²) in [5, 5.41) is 25.2. The molecule has 2 aliphatic heterocycles. The first-order valence-corrected chi connectivity index (χ1v) is 10.6. The van der Waals surface area contributed by atoms with Crippen LogP contribution >= 0.6 is 0 Å². The van der Waals surface area contributed by atoms with Crippen molar-refractivity contribution in [3.8, 4) is 5.75 Å². The average molecular weight is 426 g/mol. The number of para-hydroxylation sites is 1. The second kappa shape index (κ2) is 9.54. The summed E-state index contributed by atoms with van der Waals surface area (Å²) in [6.07, 6.45) is 8.17. The molecule has 0 saturated carbocycles. The zero-order valence-electron chi connectivity index (χ0n) is 17.3. The third kappa shape index (κ3) is 4.98. The molecule has 11 heteroatoms. The van der Waals surface area contributed by atoms with Crippen molar-refractivity contribution >= 4 is 29.7 Å². The van der Waals surface area contributed by atoms with E-state index in [4.69, 9.17) is 4.98 Å². The number of anilines is 3. The molecule has 2 N–H and O–H groups in total. The Morgan fingerprint density at radius 3 is 2.10 bits per heavy atom. The normalized spacial score (nSPS) is 17.2. The number of hydrazone groups is 1. The highest BCUT2D eigenvalue weighted by atomic mass is 16.6. The van der Waals surface area contributed by atoms with Crippen LogP contribution in [0.1, 0.15) is 44.1 Å². The van der Waals surface area contributed by atoms with Crippen molar-refractivity contribution in [2.45, 2.75) is 38.5 Å². The van der Waals surface area contributed by atoms with E-state index in [1.807, 2.05) is 0 Å². The van der Waals surface area contributed by atoms with E-state index < -0.39 is 10.7 Å². The van der Waals surface area contributed by atoms with E-state index in [0.717, 1.165) is 51.9 Å². The zero-order chi connectivity index (χ0) is 21.6. The van der Waals surface area contributed by atoms with Gasteiger partial charge in [0.1, 0.15) is 0 Å². The fourth-order valence-corrected chi connectivity index (χ4v) is 3.83. The monoisotopic (exact) mass is 426 g/mol. The van der Waals surface area contributed by atoms with Gasteiger partial charge in [0.2, 0.25) is 23.6 Å². The van der Waals surface area contributed by atoms with E-state index in [0.29, 0.717) is 17.8 Å². The van der Waals surface area contributed by atoms with Gasteiger partial charge >= 0.3 is 5.69 Å². The van der Waals surface area contributed by atoms with E-state index in [2.05, 4.69) is 30.3 Å². The predicted molar refractivity (Wildman–Crippen MR) is 118 cm³/mol. The number of aromatic nitrogens is 3. The number of piperidine rings is 2. The first-order chi connectivity index (χ1) is 15.1. The van der Waals surface area contributed by atoms with E-state index in [9.17, 15) is 15.2 Å². The molecule has 2 aromatic rings. The molecule has 0 radical (unpaired) electrons. The van der Waals surface area contributed by atoms with Gasteiger partial charge in [-0.3, -0.25) is 10.1 Å². The Morgan fingerprint density at radius 1 is 0.968 bits per heavy atom. The second-order valence-electron chi connectivity index (χ2n) is 7.70. The van der Waals surface area contributed by atoms with E-state index in [1.54, 1.807) is 6.07 Å².